The third-order valence-electron chi connectivity index (χ3n) is 3.04. The van der Waals surface area contributed by atoms with Crippen molar-refractivity contribution in [3.63, 3.8) is 0 Å². The van der Waals surface area contributed by atoms with Gasteiger partial charge in [-0.1, -0.05) is 11.6 Å². The molecule has 0 N–H and O–H groups in total. The van der Waals surface area contributed by atoms with Crippen molar-refractivity contribution < 1.29 is 0 Å². The van der Waals surface area contributed by atoms with Crippen molar-refractivity contribution in [2.24, 2.45) is 0 Å². The smallest absolute Gasteiger partial charge is 0.120 e. The molecule has 3 rings (SSSR count). The molecule has 2 heterocycles. The van der Waals surface area contributed by atoms with Crippen molar-refractivity contribution in [3.05, 3.63) is 46.2 Å². The first-order chi connectivity index (χ1) is 9.26. The highest BCUT2D eigenvalue weighted by Gasteiger charge is 2.17. The van der Waals surface area contributed by atoms with Crippen LogP contribution < -0.4 is 0 Å². The maximum Gasteiger partial charge on any atom is 0.120 e. The molecule has 0 aromatic carbocycles. The first kappa shape index (κ1) is 12.5. The third kappa shape index (κ3) is 2.58. The molecule has 19 heavy (non-hydrogen) atoms. The summed E-state index contributed by atoms with van der Waals surface area (Å²) in [7, 11) is 0. The molecule has 94 valence electrons. The first-order valence-corrected chi connectivity index (χ1v) is 7.18. The number of nitrogens with zero attached hydrogens (tertiary/aromatic N) is 3. The summed E-state index contributed by atoms with van der Waals surface area (Å²) in [6.07, 6.45) is 4.76. The lowest BCUT2D eigenvalue weighted by Crippen LogP contribution is -1.95. The molecule has 3 nitrogen and oxygen atoms in total. The number of hydrogen-bond acceptors (Lipinski definition) is 4. The van der Waals surface area contributed by atoms with E-state index in [1.165, 1.54) is 17.3 Å². The number of fused-ring (bicyclic) bond motifs is 1. The van der Waals surface area contributed by atoms with Gasteiger partial charge < -0.3 is 0 Å². The molecule has 2 aromatic rings. The summed E-state index contributed by atoms with van der Waals surface area (Å²) in [6, 6.07) is 7.81. The molecule has 0 atom stereocenters. The average molecular weight is 288 g/mol. The lowest BCUT2D eigenvalue weighted by molar-refractivity contribution is 0.890. The number of halogens is 1. The van der Waals surface area contributed by atoms with Crippen molar-refractivity contribution in [3.8, 4) is 6.07 Å². The van der Waals surface area contributed by atoms with Crippen molar-refractivity contribution in [2.45, 2.75) is 29.3 Å². The highest BCUT2D eigenvalue weighted by molar-refractivity contribution is 7.99. The molecule has 5 heteroatoms. The van der Waals surface area contributed by atoms with Gasteiger partial charge in [0, 0.05) is 11.9 Å². The summed E-state index contributed by atoms with van der Waals surface area (Å²) in [5.41, 5.74) is 2.96. The summed E-state index contributed by atoms with van der Waals surface area (Å²) in [4.78, 5) is 8.83. The van der Waals surface area contributed by atoms with E-state index in [4.69, 9.17) is 11.6 Å². The van der Waals surface area contributed by atoms with Gasteiger partial charge in [-0.05, 0) is 54.8 Å². The van der Waals surface area contributed by atoms with Crippen molar-refractivity contribution in [1.29, 1.82) is 5.26 Å². The van der Waals surface area contributed by atoms with Crippen LogP contribution >= 0.6 is 23.4 Å². The van der Waals surface area contributed by atoms with Crippen LogP contribution in [-0.2, 0) is 12.8 Å². The van der Waals surface area contributed by atoms with E-state index in [9.17, 15) is 5.26 Å². The third-order valence-corrected chi connectivity index (χ3v) is 4.22. The number of pyridine rings is 2. The van der Waals surface area contributed by atoms with Crippen LogP contribution in [0, 0.1) is 11.3 Å². The maximum atomic E-state index is 9.23. The molecule has 0 amide bonds. The molecular weight excluding hydrogens is 278 g/mol. The quantitative estimate of drug-likeness (QED) is 0.846. The van der Waals surface area contributed by atoms with E-state index in [0.29, 0.717) is 10.6 Å². The van der Waals surface area contributed by atoms with Gasteiger partial charge in [-0.2, -0.15) is 5.26 Å². The van der Waals surface area contributed by atoms with Crippen molar-refractivity contribution in [1.82, 2.24) is 9.97 Å². The summed E-state index contributed by atoms with van der Waals surface area (Å²) < 4.78 is 0. The second kappa shape index (κ2) is 5.20. The van der Waals surface area contributed by atoms with Gasteiger partial charge in [-0.15, -0.1) is 0 Å². The Hall–Kier alpha value is -1.57. The van der Waals surface area contributed by atoms with Gasteiger partial charge in [0.05, 0.1) is 10.6 Å². The molecule has 1 aliphatic rings. The maximum absolute atomic E-state index is 9.23. The fourth-order valence-electron chi connectivity index (χ4n) is 2.13. The Morgan fingerprint density at radius 3 is 2.95 bits per heavy atom. The minimum atomic E-state index is 0.603. The molecule has 0 aliphatic heterocycles. The van der Waals surface area contributed by atoms with Gasteiger partial charge in [0.15, 0.2) is 0 Å². The monoisotopic (exact) mass is 287 g/mol. The normalized spacial score (nSPS) is 13.1. The van der Waals surface area contributed by atoms with E-state index < -0.39 is 0 Å². The summed E-state index contributed by atoms with van der Waals surface area (Å²) in [5.74, 6) is 0. The Kier molecular flexibility index (Phi) is 3.41. The van der Waals surface area contributed by atoms with E-state index in [1.807, 2.05) is 12.1 Å². The fraction of sp³-hybridized carbons (Fsp3) is 0.214. The Labute approximate surface area is 120 Å². The van der Waals surface area contributed by atoms with Crippen LogP contribution in [0.5, 0.6) is 0 Å². The minimum Gasteiger partial charge on any atom is -0.248 e. The minimum absolute atomic E-state index is 0.603. The van der Waals surface area contributed by atoms with Crippen LogP contribution in [0.4, 0.5) is 0 Å². The predicted octanol–water partition coefficient (Wildman–Crippen LogP) is 3.64. The molecule has 0 spiro atoms. The average Bonchev–Trinajstić information content (AvgIpc) is 2.87. The zero-order valence-corrected chi connectivity index (χ0v) is 11.6. The Balaban J connectivity index is 1.96. The van der Waals surface area contributed by atoms with Crippen LogP contribution in [0.2, 0.25) is 5.02 Å². The van der Waals surface area contributed by atoms with Gasteiger partial charge in [0.1, 0.15) is 16.1 Å². The van der Waals surface area contributed by atoms with Gasteiger partial charge in [-0.3, -0.25) is 0 Å². The largest absolute Gasteiger partial charge is 0.248 e. The number of nitriles is 1. The lowest BCUT2D eigenvalue weighted by atomic mass is 10.2. The molecular formula is C14H10ClN3S. The summed E-state index contributed by atoms with van der Waals surface area (Å²) in [6.45, 7) is 0. The number of aromatic nitrogens is 2. The predicted molar refractivity (Wildman–Crippen MR) is 74.3 cm³/mol. The molecule has 0 saturated carbocycles. The Bertz CT molecular complexity index is 662. The van der Waals surface area contributed by atoms with Crippen LogP contribution in [0.1, 0.15) is 23.2 Å². The van der Waals surface area contributed by atoms with Gasteiger partial charge >= 0.3 is 0 Å². The molecule has 0 bridgehead atoms. The fourth-order valence-corrected chi connectivity index (χ4v) is 3.05. The molecule has 0 radical (unpaired) electrons. The highest BCUT2D eigenvalue weighted by Crippen LogP contribution is 2.31. The highest BCUT2D eigenvalue weighted by atomic mass is 35.5. The van der Waals surface area contributed by atoms with E-state index in [2.05, 4.69) is 16.0 Å². The molecule has 0 saturated heterocycles. The number of aryl methyl sites for hydroxylation is 2. The number of rotatable bonds is 2. The van der Waals surface area contributed by atoms with E-state index in [-0.39, 0.29) is 0 Å². The number of hydrogen-bond donors (Lipinski definition) is 0. The van der Waals surface area contributed by atoms with Crippen LogP contribution in [0.25, 0.3) is 0 Å². The molecule has 1 aliphatic carbocycles. The summed E-state index contributed by atoms with van der Waals surface area (Å²) >= 11 is 7.22. The Morgan fingerprint density at radius 1 is 1.32 bits per heavy atom. The zero-order chi connectivity index (χ0) is 13.2. The van der Waals surface area contributed by atoms with E-state index in [0.717, 1.165) is 35.0 Å². The van der Waals surface area contributed by atoms with E-state index >= 15 is 0 Å². The van der Waals surface area contributed by atoms with Crippen molar-refractivity contribution in [2.75, 3.05) is 0 Å². The standard InChI is InChI=1S/C14H10ClN3S/c15-11-4-5-13(17-8-11)19-14-10(7-16)6-9-2-1-3-12(9)18-14/h4-6,8H,1-3H2. The SMILES string of the molecule is N#Cc1cc2c(nc1Sc1ccc(Cl)cn1)CCC2. The summed E-state index contributed by atoms with van der Waals surface area (Å²) in [5, 5.41) is 11.4. The zero-order valence-electron chi connectivity index (χ0n) is 10.1. The van der Waals surface area contributed by atoms with Gasteiger partial charge in [0.2, 0.25) is 0 Å². The van der Waals surface area contributed by atoms with Crippen LogP contribution in [0.3, 0.4) is 0 Å². The van der Waals surface area contributed by atoms with Crippen LogP contribution in [-0.4, -0.2) is 9.97 Å². The van der Waals surface area contributed by atoms with Gasteiger partial charge in [-0.25, -0.2) is 9.97 Å². The molecule has 0 fully saturated rings. The molecule has 2 aromatic heterocycles. The van der Waals surface area contributed by atoms with Crippen molar-refractivity contribution >= 4 is 23.4 Å². The second-order valence-electron chi connectivity index (χ2n) is 4.33. The topological polar surface area (TPSA) is 49.6 Å². The van der Waals surface area contributed by atoms with E-state index in [1.54, 1.807) is 12.3 Å². The van der Waals surface area contributed by atoms with Gasteiger partial charge in [0.25, 0.3) is 0 Å². The molecule has 0 unspecified atom stereocenters. The lowest BCUT2D eigenvalue weighted by Gasteiger charge is -2.06. The Morgan fingerprint density at radius 2 is 2.21 bits per heavy atom. The van der Waals surface area contributed by atoms with Crippen LogP contribution in [0.15, 0.2) is 34.4 Å². The second-order valence-corrected chi connectivity index (χ2v) is 5.77. The first-order valence-electron chi connectivity index (χ1n) is 5.98.